The highest BCUT2D eigenvalue weighted by Crippen LogP contribution is 2.35. The summed E-state index contributed by atoms with van der Waals surface area (Å²) in [5, 5.41) is 3.47. The number of nitrogens with one attached hydrogen (secondary N) is 1. The number of halogens is 1. The number of anilines is 2. The second-order valence-corrected chi connectivity index (χ2v) is 7.20. The Labute approximate surface area is 179 Å². The largest absolute Gasteiger partial charge is 0.497 e. The number of fused-ring (bicyclic) bond motifs is 1. The van der Waals surface area contributed by atoms with Crippen LogP contribution in [0.2, 0.25) is 5.02 Å². The lowest BCUT2D eigenvalue weighted by molar-refractivity contribution is -0.121. The maximum Gasteiger partial charge on any atom is 0.265 e. The number of carbonyl (C=O) groups excluding carboxylic acids is 2. The molecule has 0 bridgehead atoms. The number of hydrogen-bond donors (Lipinski definition) is 1. The molecular formula is C23H19ClN2O4. The summed E-state index contributed by atoms with van der Waals surface area (Å²) in [4.78, 5) is 26.7. The van der Waals surface area contributed by atoms with Gasteiger partial charge in [-0.15, -0.1) is 0 Å². The molecule has 4 rings (SSSR count). The second-order valence-electron chi connectivity index (χ2n) is 6.76. The minimum atomic E-state index is -0.262. The van der Waals surface area contributed by atoms with Crippen molar-refractivity contribution in [3.8, 4) is 11.5 Å². The highest BCUT2D eigenvalue weighted by atomic mass is 35.5. The number of ether oxygens (including phenoxy) is 2. The summed E-state index contributed by atoms with van der Waals surface area (Å²) in [6.07, 6.45) is 0. The first-order valence-corrected chi connectivity index (χ1v) is 9.68. The van der Waals surface area contributed by atoms with Gasteiger partial charge in [0.15, 0.2) is 6.61 Å². The quantitative estimate of drug-likeness (QED) is 0.656. The van der Waals surface area contributed by atoms with Crippen molar-refractivity contribution in [2.24, 2.45) is 0 Å². The normalized spacial score (nSPS) is 12.7. The summed E-state index contributed by atoms with van der Waals surface area (Å²) in [6.45, 7) is 0.316. The number of rotatable bonds is 5. The van der Waals surface area contributed by atoms with Crippen LogP contribution in [-0.2, 0) is 11.3 Å². The molecule has 0 fully saturated rings. The molecule has 1 heterocycles. The first-order chi connectivity index (χ1) is 14.5. The highest BCUT2D eigenvalue weighted by Gasteiger charge is 2.26. The minimum absolute atomic E-state index is 0.0366. The van der Waals surface area contributed by atoms with Crippen molar-refractivity contribution in [2.45, 2.75) is 6.54 Å². The molecular weight excluding hydrogens is 404 g/mol. The third-order valence-corrected chi connectivity index (χ3v) is 4.98. The van der Waals surface area contributed by atoms with Gasteiger partial charge >= 0.3 is 0 Å². The molecule has 1 aliphatic rings. The van der Waals surface area contributed by atoms with Crippen molar-refractivity contribution in [1.82, 2.24) is 0 Å². The molecule has 152 valence electrons. The van der Waals surface area contributed by atoms with E-state index in [1.165, 1.54) is 0 Å². The predicted octanol–water partition coefficient (Wildman–Crippen LogP) is 4.53. The van der Waals surface area contributed by atoms with E-state index in [2.05, 4.69) is 5.32 Å². The van der Waals surface area contributed by atoms with E-state index in [0.29, 0.717) is 40.0 Å². The molecule has 0 saturated heterocycles. The van der Waals surface area contributed by atoms with Gasteiger partial charge in [0.25, 0.3) is 11.8 Å². The van der Waals surface area contributed by atoms with E-state index in [9.17, 15) is 9.59 Å². The zero-order chi connectivity index (χ0) is 21.1. The average molecular weight is 423 g/mol. The Balaban J connectivity index is 1.58. The van der Waals surface area contributed by atoms with Gasteiger partial charge in [-0.3, -0.25) is 9.59 Å². The number of benzene rings is 3. The van der Waals surface area contributed by atoms with Crippen LogP contribution in [0.1, 0.15) is 15.9 Å². The van der Waals surface area contributed by atoms with Gasteiger partial charge in [-0.1, -0.05) is 23.7 Å². The van der Waals surface area contributed by atoms with Gasteiger partial charge in [0.2, 0.25) is 0 Å². The van der Waals surface area contributed by atoms with Gasteiger partial charge < -0.3 is 19.7 Å². The molecule has 0 unspecified atom stereocenters. The molecule has 1 aliphatic heterocycles. The van der Waals surface area contributed by atoms with Gasteiger partial charge in [0.1, 0.15) is 11.5 Å². The van der Waals surface area contributed by atoms with Crippen molar-refractivity contribution in [3.63, 3.8) is 0 Å². The van der Waals surface area contributed by atoms with Crippen LogP contribution < -0.4 is 19.7 Å². The molecule has 3 aromatic rings. The Morgan fingerprint density at radius 3 is 2.67 bits per heavy atom. The van der Waals surface area contributed by atoms with Crippen LogP contribution in [0.25, 0.3) is 0 Å². The van der Waals surface area contributed by atoms with E-state index in [4.69, 9.17) is 21.1 Å². The highest BCUT2D eigenvalue weighted by molar-refractivity contribution is 6.30. The Kier molecular flexibility index (Phi) is 5.59. The third-order valence-electron chi connectivity index (χ3n) is 4.74. The number of methoxy groups -OCH3 is 1. The number of amides is 2. The molecule has 7 heteroatoms. The summed E-state index contributed by atoms with van der Waals surface area (Å²) in [6, 6.07) is 19.4. The molecule has 6 nitrogen and oxygen atoms in total. The fourth-order valence-electron chi connectivity index (χ4n) is 3.22. The molecule has 0 spiro atoms. The Morgan fingerprint density at radius 1 is 1.13 bits per heavy atom. The van der Waals surface area contributed by atoms with Crippen LogP contribution in [0.5, 0.6) is 11.5 Å². The lowest BCUT2D eigenvalue weighted by Gasteiger charge is -2.30. The number of carbonyl (C=O) groups is 2. The zero-order valence-corrected chi connectivity index (χ0v) is 17.0. The van der Waals surface area contributed by atoms with E-state index in [-0.39, 0.29) is 18.4 Å². The Hall–Kier alpha value is -3.51. The van der Waals surface area contributed by atoms with Crippen LogP contribution in [0.4, 0.5) is 11.4 Å². The van der Waals surface area contributed by atoms with Crippen LogP contribution in [0.15, 0.2) is 66.7 Å². The van der Waals surface area contributed by atoms with E-state index in [1.54, 1.807) is 60.5 Å². The third kappa shape index (κ3) is 4.23. The van der Waals surface area contributed by atoms with Crippen molar-refractivity contribution in [3.05, 3.63) is 82.9 Å². The molecule has 0 aromatic heterocycles. The van der Waals surface area contributed by atoms with Crippen molar-refractivity contribution in [2.75, 3.05) is 23.9 Å². The molecule has 0 atom stereocenters. The first-order valence-electron chi connectivity index (χ1n) is 9.30. The predicted molar refractivity (Wildman–Crippen MR) is 116 cm³/mol. The maximum atomic E-state index is 12.6. The minimum Gasteiger partial charge on any atom is -0.497 e. The van der Waals surface area contributed by atoms with E-state index in [0.717, 1.165) is 5.56 Å². The van der Waals surface area contributed by atoms with Gasteiger partial charge in [-0.2, -0.15) is 0 Å². The van der Waals surface area contributed by atoms with Gasteiger partial charge in [-0.05, 0) is 60.2 Å². The van der Waals surface area contributed by atoms with Crippen molar-refractivity contribution < 1.29 is 19.1 Å². The molecule has 0 aliphatic carbocycles. The summed E-state index contributed by atoms with van der Waals surface area (Å²) in [5.41, 5.74) is 2.55. The lowest BCUT2D eigenvalue weighted by atomic mass is 10.1. The average Bonchev–Trinajstić information content (AvgIpc) is 2.76. The molecule has 30 heavy (non-hydrogen) atoms. The van der Waals surface area contributed by atoms with Crippen LogP contribution in [-0.4, -0.2) is 25.5 Å². The van der Waals surface area contributed by atoms with Crippen molar-refractivity contribution in [1.29, 1.82) is 0 Å². The van der Waals surface area contributed by atoms with E-state index in [1.807, 2.05) is 18.2 Å². The Bertz CT molecular complexity index is 1100. The van der Waals surface area contributed by atoms with Gasteiger partial charge in [0, 0.05) is 16.3 Å². The van der Waals surface area contributed by atoms with Gasteiger partial charge in [-0.25, -0.2) is 0 Å². The summed E-state index contributed by atoms with van der Waals surface area (Å²) < 4.78 is 10.7. The summed E-state index contributed by atoms with van der Waals surface area (Å²) in [7, 11) is 1.57. The standard InChI is InChI=1S/C23H19ClN2O4/c1-29-19-8-5-16(6-9-19)23(28)25-18-7-10-21-20(12-18)26(22(27)14-30-21)13-15-3-2-4-17(24)11-15/h2-12H,13-14H2,1H3,(H,25,28). The van der Waals surface area contributed by atoms with Crippen molar-refractivity contribution >= 4 is 34.8 Å². The SMILES string of the molecule is COc1ccc(C(=O)Nc2ccc3c(c2)N(Cc2cccc(Cl)c2)C(=O)CO3)cc1. The smallest absolute Gasteiger partial charge is 0.265 e. The van der Waals surface area contributed by atoms with E-state index < -0.39 is 0 Å². The van der Waals surface area contributed by atoms with E-state index >= 15 is 0 Å². The van der Waals surface area contributed by atoms with Crippen LogP contribution >= 0.6 is 11.6 Å². The zero-order valence-electron chi connectivity index (χ0n) is 16.2. The van der Waals surface area contributed by atoms with Crippen LogP contribution in [0.3, 0.4) is 0 Å². The number of nitrogens with zero attached hydrogens (tertiary/aromatic N) is 1. The fraction of sp³-hybridized carbons (Fsp3) is 0.130. The summed E-state index contributed by atoms with van der Waals surface area (Å²) in [5.74, 6) is 0.829. The monoisotopic (exact) mass is 422 g/mol. The summed E-state index contributed by atoms with van der Waals surface area (Å²) >= 11 is 6.08. The number of hydrogen-bond acceptors (Lipinski definition) is 4. The Morgan fingerprint density at radius 2 is 1.93 bits per heavy atom. The fourth-order valence-corrected chi connectivity index (χ4v) is 3.43. The second kappa shape index (κ2) is 8.47. The van der Waals surface area contributed by atoms with Crippen LogP contribution in [0, 0.1) is 0 Å². The maximum absolute atomic E-state index is 12.6. The van der Waals surface area contributed by atoms with Gasteiger partial charge in [0.05, 0.1) is 19.3 Å². The first kappa shape index (κ1) is 19.8. The topological polar surface area (TPSA) is 67.9 Å². The molecule has 1 N–H and O–H groups in total. The molecule has 3 aromatic carbocycles. The lowest BCUT2D eigenvalue weighted by Crippen LogP contribution is -2.38. The molecule has 2 amide bonds. The molecule has 0 saturated carbocycles. The molecule has 0 radical (unpaired) electrons.